The maximum absolute atomic E-state index is 10.2. The molecule has 9 nitrogen and oxygen atoms in total. The smallest absolute Gasteiger partial charge is 0.649 e. The standard InChI is InChI=1S/2C11H19O3.C2H4OS.CH2O2S.CH3.2K/c2*1-8-5-6-9(13-7-12)10(14-8)11(2,3)4;1-2(3)4;2-1(3)4;;;/h2*8-10H,5-6H2,1-4H3;1H3,(H,3,4);4H,(H,2,3);1H3;;/q2*-1;;;-1;2*+1/p-1. The molecule has 2 fully saturated rings. The molecule has 39 heavy (non-hydrogen) atoms. The topological polar surface area (TPSA) is 128 Å². The van der Waals surface area contributed by atoms with Crippen molar-refractivity contribution in [3.8, 4) is 0 Å². The Balaban J connectivity index is -0.000000146. The van der Waals surface area contributed by atoms with Gasteiger partial charge < -0.3 is 45.9 Å². The minimum atomic E-state index is -1.39. The van der Waals surface area contributed by atoms with Crippen LogP contribution in [-0.4, -0.2) is 60.0 Å². The Hall–Kier alpha value is 1.97. The molecule has 0 saturated carbocycles. The van der Waals surface area contributed by atoms with E-state index >= 15 is 0 Å². The van der Waals surface area contributed by atoms with Gasteiger partial charge in [-0.25, -0.2) is 0 Å². The third kappa shape index (κ3) is 27.3. The van der Waals surface area contributed by atoms with Crippen molar-refractivity contribution in [1.29, 1.82) is 0 Å². The molecule has 2 aliphatic rings. The summed E-state index contributed by atoms with van der Waals surface area (Å²) in [5, 5.41) is 7.23. The first-order chi connectivity index (χ1) is 16.4. The Morgan fingerprint density at radius 3 is 1.18 bits per heavy atom. The van der Waals surface area contributed by atoms with E-state index in [1.165, 1.54) is 19.9 Å². The molecule has 0 aromatic carbocycles. The van der Waals surface area contributed by atoms with Crippen molar-refractivity contribution in [2.75, 3.05) is 0 Å². The van der Waals surface area contributed by atoms with Gasteiger partial charge in [0, 0.05) is 6.92 Å². The predicted molar refractivity (Wildman–Crippen MR) is 148 cm³/mol. The monoisotopic (exact) mass is 644 g/mol. The molecule has 0 spiro atoms. The van der Waals surface area contributed by atoms with Crippen molar-refractivity contribution in [1.82, 2.24) is 0 Å². The van der Waals surface area contributed by atoms with Gasteiger partial charge in [-0.15, -0.1) is 25.3 Å². The number of hydrogen-bond acceptors (Lipinski definition) is 9. The van der Waals surface area contributed by atoms with Crippen LogP contribution < -0.4 is 108 Å². The normalized spacial score (nSPS) is 25.6. The molecule has 0 amide bonds. The Morgan fingerprint density at radius 1 is 0.769 bits per heavy atom. The van der Waals surface area contributed by atoms with Gasteiger partial charge in [-0.3, -0.25) is 4.79 Å². The average Bonchev–Trinajstić information content (AvgIpc) is 2.69. The maximum atomic E-state index is 10.2. The molecule has 0 bridgehead atoms. The summed E-state index contributed by atoms with van der Waals surface area (Å²) in [6.45, 7) is 21.1. The molecule has 0 aromatic heterocycles. The van der Waals surface area contributed by atoms with Crippen LogP contribution in [0.3, 0.4) is 0 Å². The second-order valence-corrected chi connectivity index (χ2v) is 11.9. The summed E-state index contributed by atoms with van der Waals surface area (Å²) in [6.07, 6.45) is 3.83. The molecule has 13 heteroatoms. The molecular formula is C26H46K2O9S2-2. The van der Waals surface area contributed by atoms with Crippen molar-refractivity contribution in [2.45, 2.75) is 125 Å². The van der Waals surface area contributed by atoms with Crippen LogP contribution in [0, 0.1) is 18.3 Å². The van der Waals surface area contributed by atoms with E-state index in [1.54, 1.807) is 0 Å². The van der Waals surface area contributed by atoms with Gasteiger partial charge in [0.2, 0.25) is 0 Å². The summed E-state index contributed by atoms with van der Waals surface area (Å²) in [4.78, 5) is 38.5. The summed E-state index contributed by atoms with van der Waals surface area (Å²) in [5.41, 5.74) is -0.00755. The molecule has 220 valence electrons. The van der Waals surface area contributed by atoms with Crippen molar-refractivity contribution < 1.29 is 146 Å². The fraction of sp³-hybridized carbons (Fsp3) is 0.808. The van der Waals surface area contributed by atoms with Crippen molar-refractivity contribution in [3.05, 3.63) is 7.43 Å². The van der Waals surface area contributed by atoms with Crippen LogP contribution in [0.15, 0.2) is 0 Å². The zero-order chi connectivity index (χ0) is 28.7. The summed E-state index contributed by atoms with van der Waals surface area (Å²) in [6, 6.07) is 0. The summed E-state index contributed by atoms with van der Waals surface area (Å²) in [7, 11) is 0. The van der Waals surface area contributed by atoms with E-state index in [4.69, 9.17) is 28.8 Å². The molecule has 6 unspecified atom stereocenters. The third-order valence-corrected chi connectivity index (χ3v) is 5.25. The average molecular weight is 645 g/mol. The molecule has 0 aliphatic carbocycles. The van der Waals surface area contributed by atoms with Gasteiger partial charge in [0.15, 0.2) is 5.12 Å². The Labute approximate surface area is 332 Å². The molecule has 6 atom stereocenters. The van der Waals surface area contributed by atoms with Crippen molar-refractivity contribution in [2.24, 2.45) is 10.8 Å². The molecular weight excluding hydrogens is 599 g/mol. The first-order valence-corrected chi connectivity index (χ1v) is 12.7. The fourth-order valence-corrected chi connectivity index (χ4v) is 3.80. The third-order valence-electron chi connectivity index (χ3n) is 5.25. The number of carboxylic acid groups (broad SMARTS) is 1. The number of ether oxygens (including phenoxy) is 4. The van der Waals surface area contributed by atoms with Crippen LogP contribution in [-0.2, 0) is 33.3 Å². The quantitative estimate of drug-likeness (QED) is 0.209. The molecule has 0 N–H and O–H groups in total. The number of hydrogen-bond donors (Lipinski definition) is 2. The zero-order valence-electron chi connectivity index (χ0n) is 25.9. The van der Waals surface area contributed by atoms with Gasteiger partial charge in [0.05, 0.1) is 41.9 Å². The van der Waals surface area contributed by atoms with Gasteiger partial charge in [-0.05, 0) is 50.4 Å². The van der Waals surface area contributed by atoms with Crippen LogP contribution in [0.4, 0.5) is 4.79 Å². The SMILES string of the molecule is CC(=O)S.CC1CCC(O[C-]=O)C(C(C)(C)C)O1.CC1CCC(O[C-]=O)C(C(C)(C)C)O1.O=C([O-])S.[CH3-].[K+].[K+]. The number of rotatable bonds is 4. The number of carbonyl (C=O) groups excluding carboxylic acids is 4. The molecule has 2 aliphatic heterocycles. The van der Waals surface area contributed by atoms with Crippen LogP contribution in [0.5, 0.6) is 0 Å². The van der Waals surface area contributed by atoms with Gasteiger partial charge in [0.25, 0.3) is 0 Å². The maximum Gasteiger partial charge on any atom is 1.00 e. The van der Waals surface area contributed by atoms with E-state index in [0.29, 0.717) is 0 Å². The van der Waals surface area contributed by atoms with Crippen LogP contribution in [0.1, 0.15) is 88.0 Å². The summed E-state index contributed by atoms with van der Waals surface area (Å²) in [5.74, 6) is 0. The summed E-state index contributed by atoms with van der Waals surface area (Å²) < 4.78 is 21.5. The fourth-order valence-electron chi connectivity index (χ4n) is 3.80. The first-order valence-electron chi connectivity index (χ1n) is 11.8. The van der Waals surface area contributed by atoms with E-state index < -0.39 is 5.30 Å². The van der Waals surface area contributed by atoms with E-state index in [2.05, 4.69) is 80.6 Å². The largest absolute Gasteiger partial charge is 1.00 e. The molecule has 0 aromatic rings. The molecule has 2 saturated heterocycles. The van der Waals surface area contributed by atoms with Crippen LogP contribution >= 0.6 is 25.3 Å². The molecule has 2 heterocycles. The number of thiol groups is 2. The van der Waals surface area contributed by atoms with Crippen molar-refractivity contribution in [3.63, 3.8) is 0 Å². The Kier molecular flexibility index (Phi) is 34.2. The van der Waals surface area contributed by atoms with Gasteiger partial charge in [0.1, 0.15) is 0 Å². The molecule has 0 radical (unpaired) electrons. The minimum Gasteiger partial charge on any atom is -0.649 e. The van der Waals surface area contributed by atoms with Gasteiger partial charge in [-0.1, -0.05) is 54.5 Å². The van der Waals surface area contributed by atoms with Gasteiger partial charge >= 0.3 is 103 Å². The van der Waals surface area contributed by atoms with E-state index in [1.807, 2.05) is 0 Å². The van der Waals surface area contributed by atoms with Crippen LogP contribution in [0.2, 0.25) is 0 Å². The Bertz CT molecular complexity index is 607. The predicted octanol–water partition coefficient (Wildman–Crippen LogP) is -1.71. The zero-order valence-corrected chi connectivity index (χ0v) is 33.9. The van der Waals surface area contributed by atoms with E-state index in [-0.39, 0.29) is 163 Å². The van der Waals surface area contributed by atoms with Crippen LogP contribution in [0.25, 0.3) is 0 Å². The van der Waals surface area contributed by atoms with E-state index in [9.17, 15) is 14.4 Å². The Morgan fingerprint density at radius 2 is 1.00 bits per heavy atom. The molecule has 2 rings (SSSR count). The van der Waals surface area contributed by atoms with Crippen molar-refractivity contribution >= 4 is 48.6 Å². The van der Waals surface area contributed by atoms with Gasteiger partial charge in [-0.2, -0.15) is 0 Å². The number of carbonyl (C=O) groups is 2. The first kappa shape index (κ1) is 50.6. The second-order valence-electron chi connectivity index (χ2n) is 10.9. The summed E-state index contributed by atoms with van der Waals surface area (Å²) >= 11 is 6.10. The second kappa shape index (κ2) is 26.4. The van der Waals surface area contributed by atoms with E-state index in [0.717, 1.165) is 25.7 Å². The minimum absolute atomic E-state index is 0.